The Bertz CT molecular complexity index is 386. The number of carbonyl (C=O) groups is 1. The fraction of sp³-hybridized carbons (Fsp3) is 0.444. The van der Waals surface area contributed by atoms with Crippen LogP contribution in [0.1, 0.15) is 24.5 Å². The minimum atomic E-state index is 0.105. The molecule has 0 radical (unpaired) electrons. The molecule has 1 amide bonds. The predicted molar refractivity (Wildman–Crippen MR) is 59.1 cm³/mol. The molecule has 0 saturated carbocycles. The van der Waals surface area contributed by atoms with E-state index in [1.54, 1.807) is 6.20 Å². The van der Waals surface area contributed by atoms with Gasteiger partial charge in [-0.1, -0.05) is 0 Å². The summed E-state index contributed by atoms with van der Waals surface area (Å²) in [6.07, 6.45) is 3.04. The topological polar surface area (TPSA) is 80.9 Å². The van der Waals surface area contributed by atoms with E-state index in [0.29, 0.717) is 23.4 Å². The quantitative estimate of drug-likeness (QED) is 0.792. The van der Waals surface area contributed by atoms with Crippen molar-refractivity contribution in [1.29, 1.82) is 0 Å². The number of nitrogens with zero attached hydrogens (tertiary/aromatic N) is 2. The van der Waals surface area contributed by atoms with E-state index >= 15 is 0 Å². The van der Waals surface area contributed by atoms with Gasteiger partial charge < -0.3 is 11.1 Å². The van der Waals surface area contributed by atoms with Crippen LogP contribution in [0.15, 0.2) is 10.8 Å². The maximum absolute atomic E-state index is 11.0. The molecule has 1 fully saturated rings. The van der Waals surface area contributed by atoms with Crippen molar-refractivity contribution < 1.29 is 4.79 Å². The molecule has 15 heavy (non-hydrogen) atoms. The third kappa shape index (κ3) is 2.26. The Hall–Kier alpha value is -1.17. The Kier molecular flexibility index (Phi) is 2.86. The number of nitrogen functional groups attached to an aromatic ring is 1. The lowest BCUT2D eigenvalue weighted by atomic mass is 9.96. The molecule has 1 aromatic heterocycles. The number of hydrogen-bond acceptors (Lipinski definition) is 4. The lowest BCUT2D eigenvalue weighted by Crippen LogP contribution is -2.34. The molecule has 80 valence electrons. The van der Waals surface area contributed by atoms with Crippen molar-refractivity contribution in [3.05, 3.63) is 16.5 Å². The number of piperidine rings is 1. The van der Waals surface area contributed by atoms with E-state index in [2.05, 4.69) is 31.2 Å². The van der Waals surface area contributed by atoms with E-state index < -0.39 is 0 Å². The van der Waals surface area contributed by atoms with E-state index in [9.17, 15) is 4.79 Å². The van der Waals surface area contributed by atoms with Crippen molar-refractivity contribution >= 4 is 27.7 Å². The van der Waals surface area contributed by atoms with Crippen LogP contribution >= 0.6 is 15.9 Å². The van der Waals surface area contributed by atoms with Gasteiger partial charge >= 0.3 is 0 Å². The third-order valence-corrected chi connectivity index (χ3v) is 3.04. The highest BCUT2D eigenvalue weighted by Crippen LogP contribution is 2.24. The molecule has 1 aliphatic heterocycles. The molecule has 0 aliphatic carbocycles. The smallest absolute Gasteiger partial charge is 0.220 e. The molecule has 0 bridgehead atoms. The minimum absolute atomic E-state index is 0.105. The highest BCUT2D eigenvalue weighted by Gasteiger charge is 2.21. The van der Waals surface area contributed by atoms with Gasteiger partial charge in [-0.15, -0.1) is 0 Å². The number of carbonyl (C=O) groups excluding carboxylic acids is 1. The highest BCUT2D eigenvalue weighted by atomic mass is 79.9. The number of amides is 1. The first kappa shape index (κ1) is 10.4. The van der Waals surface area contributed by atoms with Crippen LogP contribution < -0.4 is 11.1 Å². The zero-order chi connectivity index (χ0) is 10.8. The van der Waals surface area contributed by atoms with Gasteiger partial charge in [-0.3, -0.25) is 4.79 Å². The standard InChI is InChI=1S/C9H11BrN4O/c10-8-9(11)13-4-6(14-8)5-1-2-7(15)12-3-5/h4-5H,1-3H2,(H2,11,13)(H,12,15)/t5-/m1/s1. The average molecular weight is 271 g/mol. The molecule has 1 aliphatic rings. The molecule has 1 saturated heterocycles. The highest BCUT2D eigenvalue weighted by molar-refractivity contribution is 9.10. The first-order valence-corrected chi connectivity index (χ1v) is 5.50. The van der Waals surface area contributed by atoms with Crippen LogP contribution in [0.5, 0.6) is 0 Å². The molecule has 5 nitrogen and oxygen atoms in total. The van der Waals surface area contributed by atoms with Crippen molar-refractivity contribution in [3.63, 3.8) is 0 Å². The zero-order valence-corrected chi connectivity index (χ0v) is 9.62. The van der Waals surface area contributed by atoms with Gasteiger partial charge in [0.15, 0.2) is 5.82 Å². The summed E-state index contributed by atoms with van der Waals surface area (Å²) in [6.45, 7) is 0.629. The fourth-order valence-corrected chi connectivity index (χ4v) is 1.88. The predicted octanol–water partition coefficient (Wildman–Crippen LogP) is 0.815. The van der Waals surface area contributed by atoms with Crippen molar-refractivity contribution in [1.82, 2.24) is 15.3 Å². The number of anilines is 1. The first-order chi connectivity index (χ1) is 7.16. The summed E-state index contributed by atoms with van der Waals surface area (Å²) in [5, 5.41) is 2.81. The molecule has 0 spiro atoms. The monoisotopic (exact) mass is 270 g/mol. The van der Waals surface area contributed by atoms with Crippen LogP contribution in [0.2, 0.25) is 0 Å². The molecule has 2 heterocycles. The Morgan fingerprint density at radius 2 is 2.40 bits per heavy atom. The zero-order valence-electron chi connectivity index (χ0n) is 8.03. The maximum Gasteiger partial charge on any atom is 0.220 e. The number of hydrogen-bond donors (Lipinski definition) is 2. The number of aromatic nitrogens is 2. The van der Waals surface area contributed by atoms with Gasteiger partial charge in [-0.05, 0) is 22.4 Å². The van der Waals surface area contributed by atoms with E-state index in [4.69, 9.17) is 5.73 Å². The van der Waals surface area contributed by atoms with Crippen LogP contribution in [0, 0.1) is 0 Å². The molecule has 0 unspecified atom stereocenters. The van der Waals surface area contributed by atoms with E-state index in [1.165, 1.54) is 0 Å². The van der Waals surface area contributed by atoms with Crippen LogP contribution in [-0.2, 0) is 4.79 Å². The largest absolute Gasteiger partial charge is 0.381 e. The summed E-state index contributed by atoms with van der Waals surface area (Å²) < 4.78 is 0.567. The number of nitrogens with one attached hydrogen (secondary N) is 1. The lowest BCUT2D eigenvalue weighted by Gasteiger charge is -2.21. The molecule has 3 N–H and O–H groups in total. The second-order valence-electron chi connectivity index (χ2n) is 3.51. The van der Waals surface area contributed by atoms with Crippen LogP contribution in [0.3, 0.4) is 0 Å². The summed E-state index contributed by atoms with van der Waals surface area (Å²) in [4.78, 5) is 19.3. The second-order valence-corrected chi connectivity index (χ2v) is 4.26. The average Bonchev–Trinajstić information content (AvgIpc) is 2.23. The van der Waals surface area contributed by atoms with E-state index in [0.717, 1.165) is 12.1 Å². The number of nitrogens with two attached hydrogens (primary N) is 1. The summed E-state index contributed by atoms with van der Waals surface area (Å²) in [5.41, 5.74) is 6.42. The molecular formula is C9H11BrN4O. The Labute approximate surface area is 95.6 Å². The third-order valence-electron chi connectivity index (χ3n) is 2.46. The van der Waals surface area contributed by atoms with Gasteiger partial charge in [-0.2, -0.15) is 0 Å². The normalized spacial score (nSPS) is 21.1. The van der Waals surface area contributed by atoms with Crippen molar-refractivity contribution in [2.24, 2.45) is 0 Å². The van der Waals surface area contributed by atoms with E-state index in [-0.39, 0.29) is 11.8 Å². The Morgan fingerprint density at radius 1 is 1.60 bits per heavy atom. The van der Waals surface area contributed by atoms with Crippen LogP contribution in [0.25, 0.3) is 0 Å². The van der Waals surface area contributed by atoms with Gasteiger partial charge in [0.25, 0.3) is 0 Å². The van der Waals surface area contributed by atoms with Crippen molar-refractivity contribution in [3.8, 4) is 0 Å². The van der Waals surface area contributed by atoms with Crippen LogP contribution in [0.4, 0.5) is 5.82 Å². The molecule has 2 rings (SSSR count). The summed E-state index contributed by atoms with van der Waals surface area (Å²) in [7, 11) is 0. The molecule has 1 aromatic rings. The number of halogens is 1. The molecular weight excluding hydrogens is 260 g/mol. The summed E-state index contributed by atoms with van der Waals surface area (Å²) >= 11 is 3.24. The summed E-state index contributed by atoms with van der Waals surface area (Å²) in [6, 6.07) is 0. The van der Waals surface area contributed by atoms with Gasteiger partial charge in [0.2, 0.25) is 5.91 Å². The Morgan fingerprint density at radius 3 is 3.00 bits per heavy atom. The van der Waals surface area contributed by atoms with Crippen molar-refractivity contribution in [2.45, 2.75) is 18.8 Å². The minimum Gasteiger partial charge on any atom is -0.381 e. The first-order valence-electron chi connectivity index (χ1n) is 4.71. The fourth-order valence-electron chi connectivity index (χ4n) is 1.57. The van der Waals surface area contributed by atoms with Crippen molar-refractivity contribution in [2.75, 3.05) is 12.3 Å². The van der Waals surface area contributed by atoms with Gasteiger partial charge in [-0.25, -0.2) is 9.97 Å². The second kappa shape index (κ2) is 4.14. The maximum atomic E-state index is 11.0. The SMILES string of the molecule is Nc1ncc([C@@H]2CCC(=O)NC2)nc1Br. The lowest BCUT2D eigenvalue weighted by molar-refractivity contribution is -0.122. The van der Waals surface area contributed by atoms with Crippen LogP contribution in [-0.4, -0.2) is 22.4 Å². The number of rotatable bonds is 1. The molecule has 1 atom stereocenters. The molecule has 6 heteroatoms. The Balaban J connectivity index is 2.16. The van der Waals surface area contributed by atoms with Gasteiger partial charge in [0, 0.05) is 18.9 Å². The summed E-state index contributed by atoms with van der Waals surface area (Å²) in [5.74, 6) is 0.736. The van der Waals surface area contributed by atoms with Gasteiger partial charge in [0.05, 0.1) is 11.9 Å². The van der Waals surface area contributed by atoms with Gasteiger partial charge in [0.1, 0.15) is 4.60 Å². The molecule has 0 aromatic carbocycles. The van der Waals surface area contributed by atoms with E-state index in [1.807, 2.05) is 0 Å².